The van der Waals surface area contributed by atoms with E-state index in [-0.39, 0.29) is 18.4 Å². The van der Waals surface area contributed by atoms with Crippen LogP contribution < -0.4 is 14.8 Å². The highest BCUT2D eigenvalue weighted by molar-refractivity contribution is 5.85. The molecule has 1 unspecified atom stereocenters. The third kappa shape index (κ3) is 4.05. The topological polar surface area (TPSA) is 30.5 Å². The van der Waals surface area contributed by atoms with Crippen LogP contribution in [0.4, 0.5) is 8.78 Å². The fourth-order valence-electron chi connectivity index (χ4n) is 3.11. The van der Waals surface area contributed by atoms with Crippen LogP contribution in [0.3, 0.4) is 0 Å². The summed E-state index contributed by atoms with van der Waals surface area (Å²) in [5, 5.41) is 3.31. The minimum Gasteiger partial charge on any atom is -0.490 e. The minimum absolute atomic E-state index is 0. The van der Waals surface area contributed by atoms with Crippen molar-refractivity contribution in [2.45, 2.75) is 26.3 Å². The number of hydrogen-bond acceptors (Lipinski definition) is 3. The van der Waals surface area contributed by atoms with Crippen molar-refractivity contribution in [2.24, 2.45) is 0 Å². The summed E-state index contributed by atoms with van der Waals surface area (Å²) < 4.78 is 38.8. The van der Waals surface area contributed by atoms with Crippen LogP contribution in [0.1, 0.15) is 36.6 Å². The molecule has 1 aliphatic heterocycles. The van der Waals surface area contributed by atoms with Gasteiger partial charge in [0.25, 0.3) is 0 Å². The van der Waals surface area contributed by atoms with Gasteiger partial charge in [0.1, 0.15) is 11.6 Å². The van der Waals surface area contributed by atoms with E-state index in [2.05, 4.69) is 5.32 Å². The van der Waals surface area contributed by atoms with Crippen molar-refractivity contribution < 1.29 is 18.3 Å². The highest BCUT2D eigenvalue weighted by Crippen LogP contribution is 2.38. The molecule has 2 aromatic carbocycles. The van der Waals surface area contributed by atoms with E-state index in [4.69, 9.17) is 9.47 Å². The number of fused-ring (bicyclic) bond motifs is 1. The van der Waals surface area contributed by atoms with Crippen LogP contribution in [0, 0.1) is 11.6 Å². The summed E-state index contributed by atoms with van der Waals surface area (Å²) in [4.78, 5) is 0. The lowest BCUT2D eigenvalue weighted by Crippen LogP contribution is -2.31. The number of ether oxygens (including phenoxy) is 2. The number of halogens is 3. The Morgan fingerprint density at radius 3 is 2.32 bits per heavy atom. The lowest BCUT2D eigenvalue weighted by atomic mass is 9.89. The third-order valence-electron chi connectivity index (χ3n) is 4.13. The third-order valence-corrected chi connectivity index (χ3v) is 4.13. The zero-order chi connectivity index (χ0) is 17.1. The fourth-order valence-corrected chi connectivity index (χ4v) is 3.11. The van der Waals surface area contributed by atoms with Gasteiger partial charge in [-0.25, -0.2) is 8.78 Å². The summed E-state index contributed by atoms with van der Waals surface area (Å²) in [6.07, 6.45) is 0.821. The molecule has 0 fully saturated rings. The Morgan fingerprint density at radius 2 is 1.68 bits per heavy atom. The summed E-state index contributed by atoms with van der Waals surface area (Å²) in [6, 6.07) is 7.25. The molecule has 1 heterocycles. The molecule has 136 valence electrons. The first-order valence-corrected chi connectivity index (χ1v) is 8.24. The summed E-state index contributed by atoms with van der Waals surface area (Å²) in [6.45, 7) is 5.61. The highest BCUT2D eigenvalue weighted by atomic mass is 35.5. The van der Waals surface area contributed by atoms with Gasteiger partial charge in [-0.3, -0.25) is 0 Å². The summed E-state index contributed by atoms with van der Waals surface area (Å²) in [7, 11) is 0. The minimum atomic E-state index is -0.575. The molecular formula is C19H22ClF2NO2. The molecule has 1 atom stereocenters. The second-order valence-corrected chi connectivity index (χ2v) is 5.67. The van der Waals surface area contributed by atoms with E-state index in [0.717, 1.165) is 23.6 Å². The van der Waals surface area contributed by atoms with Gasteiger partial charge in [0.15, 0.2) is 11.5 Å². The molecular weight excluding hydrogens is 348 g/mol. The summed E-state index contributed by atoms with van der Waals surface area (Å²) >= 11 is 0. The number of rotatable bonds is 5. The maximum atomic E-state index is 14.2. The van der Waals surface area contributed by atoms with Crippen molar-refractivity contribution in [3.63, 3.8) is 0 Å². The Bertz CT molecular complexity index is 740. The Hall–Kier alpha value is -1.85. The first-order chi connectivity index (χ1) is 11.6. The average molecular weight is 370 g/mol. The van der Waals surface area contributed by atoms with Gasteiger partial charge in [0, 0.05) is 18.2 Å². The number of nitrogens with one attached hydrogen (secondary N) is 1. The van der Waals surface area contributed by atoms with Gasteiger partial charge in [-0.2, -0.15) is 0 Å². The van der Waals surface area contributed by atoms with E-state index in [1.54, 1.807) is 0 Å². The van der Waals surface area contributed by atoms with Crippen molar-refractivity contribution in [3.05, 3.63) is 58.7 Å². The second-order valence-electron chi connectivity index (χ2n) is 5.67. The quantitative estimate of drug-likeness (QED) is 0.846. The van der Waals surface area contributed by atoms with Crippen LogP contribution in [-0.4, -0.2) is 19.8 Å². The molecule has 0 spiro atoms. The zero-order valence-corrected chi connectivity index (χ0v) is 15.1. The first kappa shape index (κ1) is 19.5. The number of hydrogen-bond donors (Lipinski definition) is 1. The molecule has 2 aromatic rings. The summed E-state index contributed by atoms with van der Waals surface area (Å²) in [5.41, 5.74) is 2.47. The van der Waals surface area contributed by atoms with Crippen molar-refractivity contribution in [1.29, 1.82) is 0 Å². The van der Waals surface area contributed by atoms with E-state index in [1.807, 2.05) is 26.0 Å². The molecule has 3 nitrogen and oxygen atoms in total. The van der Waals surface area contributed by atoms with Gasteiger partial charge >= 0.3 is 0 Å². The van der Waals surface area contributed by atoms with Crippen LogP contribution in [0.25, 0.3) is 0 Å². The highest BCUT2D eigenvalue weighted by Gasteiger charge is 2.26. The van der Waals surface area contributed by atoms with Crippen LogP contribution in [-0.2, 0) is 6.42 Å². The standard InChI is InChI=1S/C19H21F2NO2.ClH/c1-3-23-17-9-12-7-8-22-19(15(12)11-18(17)24-4-2)14-6-5-13(20)10-16(14)21;/h5-6,9-11,19,22H,3-4,7-8H2,1-2H3;1H. The van der Waals surface area contributed by atoms with Gasteiger partial charge in [-0.15, -0.1) is 12.4 Å². The Balaban J connectivity index is 0.00000225. The molecule has 0 saturated heterocycles. The maximum Gasteiger partial charge on any atom is 0.161 e. The molecule has 0 aromatic heterocycles. The van der Waals surface area contributed by atoms with Crippen LogP contribution >= 0.6 is 12.4 Å². The number of benzene rings is 2. The normalized spacial score (nSPS) is 15.9. The van der Waals surface area contributed by atoms with E-state index in [0.29, 0.717) is 36.8 Å². The SMILES string of the molecule is CCOc1cc2c(cc1OCC)C(c1ccc(F)cc1F)NCC2.Cl. The largest absolute Gasteiger partial charge is 0.490 e. The molecule has 0 aliphatic carbocycles. The van der Waals surface area contributed by atoms with Crippen LogP contribution in [0.15, 0.2) is 30.3 Å². The van der Waals surface area contributed by atoms with E-state index in [9.17, 15) is 8.78 Å². The monoisotopic (exact) mass is 369 g/mol. The smallest absolute Gasteiger partial charge is 0.161 e. The predicted molar refractivity (Wildman–Crippen MR) is 95.9 cm³/mol. The van der Waals surface area contributed by atoms with Crippen LogP contribution in [0.5, 0.6) is 11.5 Å². The van der Waals surface area contributed by atoms with Gasteiger partial charge in [-0.05, 0) is 49.6 Å². The molecule has 25 heavy (non-hydrogen) atoms. The molecule has 1 N–H and O–H groups in total. The van der Waals surface area contributed by atoms with Gasteiger partial charge in [0.2, 0.25) is 0 Å². The van der Waals surface area contributed by atoms with Gasteiger partial charge in [0.05, 0.1) is 19.3 Å². The Morgan fingerprint density at radius 1 is 1.00 bits per heavy atom. The lowest BCUT2D eigenvalue weighted by molar-refractivity contribution is 0.286. The average Bonchev–Trinajstić information content (AvgIpc) is 2.56. The zero-order valence-electron chi connectivity index (χ0n) is 14.3. The van der Waals surface area contributed by atoms with E-state index in [1.165, 1.54) is 12.1 Å². The fraction of sp³-hybridized carbons (Fsp3) is 0.368. The Kier molecular flexibility index (Phi) is 6.62. The van der Waals surface area contributed by atoms with E-state index >= 15 is 0 Å². The van der Waals surface area contributed by atoms with Crippen molar-refractivity contribution in [3.8, 4) is 11.5 Å². The molecule has 0 amide bonds. The first-order valence-electron chi connectivity index (χ1n) is 8.24. The van der Waals surface area contributed by atoms with Gasteiger partial charge in [-0.1, -0.05) is 6.07 Å². The van der Waals surface area contributed by atoms with Crippen molar-refractivity contribution >= 4 is 12.4 Å². The molecule has 0 saturated carbocycles. The van der Waals surface area contributed by atoms with Crippen LogP contribution in [0.2, 0.25) is 0 Å². The summed E-state index contributed by atoms with van der Waals surface area (Å²) in [5.74, 6) is 0.230. The predicted octanol–water partition coefficient (Wildman–Crippen LogP) is 4.42. The Labute approximate surface area is 152 Å². The van der Waals surface area contributed by atoms with E-state index < -0.39 is 11.6 Å². The van der Waals surface area contributed by atoms with Gasteiger partial charge < -0.3 is 14.8 Å². The molecule has 3 rings (SSSR count). The molecule has 6 heteroatoms. The van der Waals surface area contributed by atoms with Crippen molar-refractivity contribution in [2.75, 3.05) is 19.8 Å². The van der Waals surface area contributed by atoms with Crippen molar-refractivity contribution in [1.82, 2.24) is 5.32 Å². The maximum absolute atomic E-state index is 14.2. The molecule has 0 radical (unpaired) electrons. The molecule has 0 bridgehead atoms. The molecule has 1 aliphatic rings. The lowest BCUT2D eigenvalue weighted by Gasteiger charge is -2.29. The second kappa shape index (κ2) is 8.50.